The Hall–Kier alpha value is -1.95. The molecule has 3 N–H and O–H groups in total. The summed E-state index contributed by atoms with van der Waals surface area (Å²) in [7, 11) is 0. The molecule has 0 saturated heterocycles. The van der Waals surface area contributed by atoms with Crippen LogP contribution in [0.2, 0.25) is 5.15 Å². The standard InChI is InChI=1S/C11H9ClF2N4/c12-10-9(15)11(18-5-17-10)16-4-6-3-7(13)1-2-8(6)14/h1-3,5H,4,15H2,(H,16,17,18). The van der Waals surface area contributed by atoms with Crippen LogP contribution in [-0.4, -0.2) is 9.97 Å². The molecular formula is C11H9ClF2N4. The van der Waals surface area contributed by atoms with Crippen LogP contribution < -0.4 is 11.1 Å². The van der Waals surface area contributed by atoms with Gasteiger partial charge in [0, 0.05) is 12.1 Å². The second kappa shape index (κ2) is 5.14. The molecule has 0 atom stereocenters. The smallest absolute Gasteiger partial charge is 0.157 e. The Bertz CT molecular complexity index is 575. The molecule has 7 heteroatoms. The highest BCUT2D eigenvalue weighted by Crippen LogP contribution is 2.22. The fraction of sp³-hybridized carbons (Fsp3) is 0.0909. The van der Waals surface area contributed by atoms with Crippen LogP contribution in [0.15, 0.2) is 24.5 Å². The van der Waals surface area contributed by atoms with Crippen LogP contribution in [-0.2, 0) is 6.54 Å². The first-order valence-corrected chi connectivity index (χ1v) is 5.39. The van der Waals surface area contributed by atoms with E-state index in [0.29, 0.717) is 0 Å². The van der Waals surface area contributed by atoms with Crippen molar-refractivity contribution in [1.29, 1.82) is 0 Å². The molecule has 0 bridgehead atoms. The highest BCUT2D eigenvalue weighted by Gasteiger charge is 2.08. The summed E-state index contributed by atoms with van der Waals surface area (Å²) in [4.78, 5) is 7.54. The molecule has 4 nitrogen and oxygen atoms in total. The van der Waals surface area contributed by atoms with E-state index < -0.39 is 11.6 Å². The van der Waals surface area contributed by atoms with Gasteiger partial charge < -0.3 is 11.1 Å². The molecule has 0 amide bonds. The summed E-state index contributed by atoms with van der Waals surface area (Å²) in [5.74, 6) is -0.747. The number of nitrogens with one attached hydrogen (secondary N) is 1. The molecule has 0 radical (unpaired) electrons. The molecule has 2 aromatic rings. The first-order valence-electron chi connectivity index (χ1n) is 5.01. The van der Waals surface area contributed by atoms with Gasteiger partial charge in [-0.3, -0.25) is 0 Å². The lowest BCUT2D eigenvalue weighted by atomic mass is 10.2. The second-order valence-electron chi connectivity index (χ2n) is 3.52. The van der Waals surface area contributed by atoms with E-state index in [1.807, 2.05) is 0 Å². The van der Waals surface area contributed by atoms with E-state index in [2.05, 4.69) is 15.3 Å². The molecular weight excluding hydrogens is 262 g/mol. The predicted molar refractivity (Wildman–Crippen MR) is 65.1 cm³/mol. The minimum absolute atomic E-state index is 0.0428. The molecule has 1 aromatic heterocycles. The lowest BCUT2D eigenvalue weighted by Gasteiger charge is -2.09. The number of aromatic nitrogens is 2. The maximum absolute atomic E-state index is 13.4. The molecule has 2 rings (SSSR count). The van der Waals surface area contributed by atoms with Crippen molar-refractivity contribution in [2.75, 3.05) is 11.1 Å². The van der Waals surface area contributed by atoms with Crippen molar-refractivity contribution in [1.82, 2.24) is 9.97 Å². The first kappa shape index (κ1) is 12.5. The van der Waals surface area contributed by atoms with E-state index in [1.165, 1.54) is 6.33 Å². The zero-order valence-electron chi connectivity index (χ0n) is 9.12. The Morgan fingerprint density at radius 3 is 2.83 bits per heavy atom. The highest BCUT2D eigenvalue weighted by molar-refractivity contribution is 6.32. The van der Waals surface area contributed by atoms with E-state index >= 15 is 0 Å². The summed E-state index contributed by atoms with van der Waals surface area (Å²) in [6, 6.07) is 3.21. The van der Waals surface area contributed by atoms with Crippen molar-refractivity contribution in [3.63, 3.8) is 0 Å². The third-order valence-corrected chi connectivity index (χ3v) is 2.59. The number of nitrogens with zero attached hydrogens (tertiary/aromatic N) is 2. The van der Waals surface area contributed by atoms with E-state index in [9.17, 15) is 8.78 Å². The number of benzene rings is 1. The van der Waals surface area contributed by atoms with E-state index in [0.717, 1.165) is 18.2 Å². The number of hydrogen-bond acceptors (Lipinski definition) is 4. The molecule has 0 aliphatic carbocycles. The zero-order chi connectivity index (χ0) is 13.1. The summed E-state index contributed by atoms with van der Waals surface area (Å²) < 4.78 is 26.3. The van der Waals surface area contributed by atoms with Crippen LogP contribution in [0.3, 0.4) is 0 Å². The maximum Gasteiger partial charge on any atom is 0.157 e. The Balaban J connectivity index is 2.16. The van der Waals surface area contributed by atoms with Crippen molar-refractivity contribution in [3.8, 4) is 0 Å². The fourth-order valence-electron chi connectivity index (χ4n) is 1.37. The third kappa shape index (κ3) is 2.65. The van der Waals surface area contributed by atoms with Gasteiger partial charge in [-0.25, -0.2) is 18.7 Å². The Morgan fingerprint density at radius 1 is 1.28 bits per heavy atom. The summed E-state index contributed by atoms with van der Waals surface area (Å²) in [5.41, 5.74) is 5.96. The first-order chi connectivity index (χ1) is 8.58. The number of hydrogen-bond donors (Lipinski definition) is 2. The largest absolute Gasteiger partial charge is 0.393 e. The molecule has 0 spiro atoms. The molecule has 0 unspecified atom stereocenters. The van der Waals surface area contributed by atoms with Gasteiger partial charge in [0.15, 0.2) is 11.0 Å². The van der Waals surface area contributed by atoms with Crippen LogP contribution in [0.5, 0.6) is 0 Å². The van der Waals surface area contributed by atoms with Gasteiger partial charge >= 0.3 is 0 Å². The molecule has 0 aliphatic heterocycles. The minimum Gasteiger partial charge on any atom is -0.393 e. The van der Waals surface area contributed by atoms with Gasteiger partial charge in [-0.2, -0.15) is 0 Å². The number of anilines is 2. The molecule has 0 fully saturated rings. The minimum atomic E-state index is -0.512. The number of rotatable bonds is 3. The summed E-state index contributed by atoms with van der Waals surface area (Å²) >= 11 is 5.70. The van der Waals surface area contributed by atoms with E-state index in [-0.39, 0.29) is 28.8 Å². The second-order valence-corrected chi connectivity index (χ2v) is 3.87. The number of nitrogen functional groups attached to an aromatic ring is 1. The van der Waals surface area contributed by atoms with Crippen LogP contribution >= 0.6 is 11.6 Å². The van der Waals surface area contributed by atoms with E-state index in [4.69, 9.17) is 17.3 Å². The van der Waals surface area contributed by atoms with Crippen LogP contribution in [0.4, 0.5) is 20.3 Å². The van der Waals surface area contributed by atoms with Gasteiger partial charge in [-0.1, -0.05) is 11.6 Å². The summed E-state index contributed by atoms with van der Waals surface area (Å²) in [6.45, 7) is 0.0428. The third-order valence-electron chi connectivity index (χ3n) is 2.29. The van der Waals surface area contributed by atoms with E-state index in [1.54, 1.807) is 0 Å². The molecule has 1 heterocycles. The van der Waals surface area contributed by atoms with Crippen molar-refractivity contribution in [3.05, 3.63) is 46.9 Å². The molecule has 94 valence electrons. The summed E-state index contributed by atoms with van der Waals surface area (Å²) in [5, 5.41) is 2.87. The molecule has 0 saturated carbocycles. The highest BCUT2D eigenvalue weighted by atomic mass is 35.5. The maximum atomic E-state index is 13.4. The summed E-state index contributed by atoms with van der Waals surface area (Å²) in [6.07, 6.45) is 1.23. The average Bonchev–Trinajstić information content (AvgIpc) is 2.35. The number of nitrogens with two attached hydrogens (primary N) is 1. The van der Waals surface area contributed by atoms with Crippen molar-refractivity contribution >= 4 is 23.1 Å². The van der Waals surface area contributed by atoms with Crippen molar-refractivity contribution < 1.29 is 8.78 Å². The van der Waals surface area contributed by atoms with Gasteiger partial charge in [-0.15, -0.1) is 0 Å². The number of halogens is 3. The van der Waals surface area contributed by atoms with Crippen LogP contribution in [0, 0.1) is 11.6 Å². The SMILES string of the molecule is Nc1c(Cl)ncnc1NCc1cc(F)ccc1F. The molecule has 0 aliphatic rings. The van der Waals surface area contributed by atoms with Crippen molar-refractivity contribution in [2.24, 2.45) is 0 Å². The zero-order valence-corrected chi connectivity index (χ0v) is 9.88. The Morgan fingerprint density at radius 2 is 2.06 bits per heavy atom. The quantitative estimate of drug-likeness (QED) is 0.842. The molecule has 1 aromatic carbocycles. The normalized spacial score (nSPS) is 10.4. The monoisotopic (exact) mass is 270 g/mol. The molecule has 18 heavy (non-hydrogen) atoms. The van der Waals surface area contributed by atoms with Gasteiger partial charge in [0.05, 0.1) is 0 Å². The van der Waals surface area contributed by atoms with Gasteiger partial charge in [0.1, 0.15) is 23.6 Å². The predicted octanol–water partition coefficient (Wildman–Crippen LogP) is 2.60. The fourth-order valence-corrected chi connectivity index (χ4v) is 1.51. The lowest BCUT2D eigenvalue weighted by molar-refractivity contribution is 0.587. The van der Waals surface area contributed by atoms with Crippen LogP contribution in [0.1, 0.15) is 5.56 Å². The van der Waals surface area contributed by atoms with Gasteiger partial charge in [0.2, 0.25) is 0 Å². The van der Waals surface area contributed by atoms with Crippen LogP contribution in [0.25, 0.3) is 0 Å². The van der Waals surface area contributed by atoms with Gasteiger partial charge in [0.25, 0.3) is 0 Å². The Kier molecular flexibility index (Phi) is 3.57. The average molecular weight is 271 g/mol. The topological polar surface area (TPSA) is 63.8 Å². The Labute approximate surface area is 107 Å². The van der Waals surface area contributed by atoms with Crippen molar-refractivity contribution in [2.45, 2.75) is 6.54 Å². The van der Waals surface area contributed by atoms with Gasteiger partial charge in [-0.05, 0) is 18.2 Å². The lowest BCUT2D eigenvalue weighted by Crippen LogP contribution is -2.07.